The second kappa shape index (κ2) is 8.41. The zero-order valence-electron chi connectivity index (χ0n) is 19.9. The molecule has 2 fully saturated rings. The van der Waals surface area contributed by atoms with Crippen LogP contribution in [0.5, 0.6) is 5.75 Å². The Morgan fingerprint density at radius 3 is 2.33 bits per heavy atom. The summed E-state index contributed by atoms with van der Waals surface area (Å²) in [5.74, 6) is -0.304. The van der Waals surface area contributed by atoms with Crippen molar-refractivity contribution in [3.63, 3.8) is 0 Å². The van der Waals surface area contributed by atoms with Gasteiger partial charge in [-0.25, -0.2) is 9.69 Å². The summed E-state index contributed by atoms with van der Waals surface area (Å²) in [6.45, 7) is 1.73. The van der Waals surface area contributed by atoms with Crippen LogP contribution in [0.4, 0.5) is 21.9 Å². The molecule has 0 unspecified atom stereocenters. The number of nitrogens with one attached hydrogen (secondary N) is 1. The lowest BCUT2D eigenvalue weighted by Crippen LogP contribution is -2.75. The van der Waals surface area contributed by atoms with Crippen LogP contribution in [0.15, 0.2) is 78.9 Å². The van der Waals surface area contributed by atoms with Crippen molar-refractivity contribution in [1.82, 2.24) is 5.32 Å². The van der Waals surface area contributed by atoms with E-state index in [2.05, 4.69) is 15.1 Å². The number of carbonyl (C=O) groups is 3. The topological polar surface area (TPSA) is 82.2 Å². The summed E-state index contributed by atoms with van der Waals surface area (Å²) in [7, 11) is 1.63. The van der Waals surface area contributed by atoms with Crippen molar-refractivity contribution < 1.29 is 19.1 Å². The Bertz CT molecular complexity index is 1360. The minimum Gasteiger partial charge on any atom is -0.495 e. The van der Waals surface area contributed by atoms with Crippen LogP contribution in [-0.4, -0.2) is 50.6 Å². The molecule has 0 radical (unpaired) electrons. The number of hydrogen-bond acceptors (Lipinski definition) is 6. The number of methoxy groups -OCH3 is 1. The van der Waals surface area contributed by atoms with E-state index in [9.17, 15) is 14.4 Å². The number of urea groups is 1. The van der Waals surface area contributed by atoms with Crippen molar-refractivity contribution in [2.75, 3.05) is 41.4 Å². The van der Waals surface area contributed by atoms with Crippen molar-refractivity contribution in [1.29, 1.82) is 0 Å². The van der Waals surface area contributed by atoms with E-state index in [0.29, 0.717) is 25.3 Å². The fourth-order valence-corrected chi connectivity index (χ4v) is 5.88. The first kappa shape index (κ1) is 22.2. The average Bonchev–Trinajstić information content (AvgIpc) is 2.92. The van der Waals surface area contributed by atoms with E-state index in [4.69, 9.17) is 4.74 Å². The Hall–Kier alpha value is -4.33. The highest BCUT2D eigenvalue weighted by Crippen LogP contribution is 2.47. The third kappa shape index (κ3) is 3.17. The van der Waals surface area contributed by atoms with Gasteiger partial charge in [-0.2, -0.15) is 0 Å². The molecule has 0 bridgehead atoms. The van der Waals surface area contributed by atoms with E-state index < -0.39 is 29.3 Å². The van der Waals surface area contributed by atoms with Crippen molar-refractivity contribution in [3.05, 3.63) is 84.4 Å². The summed E-state index contributed by atoms with van der Waals surface area (Å²) in [5.41, 5.74) is 1.82. The van der Waals surface area contributed by atoms with E-state index in [1.54, 1.807) is 31.4 Å². The lowest BCUT2D eigenvalue weighted by molar-refractivity contribution is -0.144. The van der Waals surface area contributed by atoms with Crippen LogP contribution < -0.4 is 24.8 Å². The molecule has 3 aromatic rings. The van der Waals surface area contributed by atoms with Crippen LogP contribution in [0.1, 0.15) is 5.56 Å². The molecule has 3 aromatic carbocycles. The van der Waals surface area contributed by atoms with Gasteiger partial charge in [0.25, 0.3) is 5.91 Å². The lowest BCUT2D eigenvalue weighted by Gasteiger charge is -2.55. The van der Waals surface area contributed by atoms with E-state index >= 15 is 0 Å². The SMILES string of the molecule is COc1ccccc1N1CCN2c3ccccc3C[C@]3(C(=O)NC(=O)N(c4ccccc4)C3=O)[C@H]2C1. The van der Waals surface area contributed by atoms with E-state index in [0.717, 1.165) is 27.6 Å². The molecule has 0 aliphatic carbocycles. The number of nitrogens with zero attached hydrogens (tertiary/aromatic N) is 3. The maximum atomic E-state index is 14.3. The number of hydrogen-bond donors (Lipinski definition) is 1. The highest BCUT2D eigenvalue weighted by Gasteiger charge is 2.63. The normalized spacial score (nSPS) is 23.3. The van der Waals surface area contributed by atoms with Crippen molar-refractivity contribution in [3.8, 4) is 5.75 Å². The number of ether oxygens (including phenoxy) is 1. The maximum absolute atomic E-state index is 14.3. The Morgan fingerprint density at radius 1 is 0.861 bits per heavy atom. The number of fused-ring (bicyclic) bond motifs is 4. The number of para-hydroxylation sites is 4. The first-order chi connectivity index (χ1) is 17.5. The molecule has 1 spiro atoms. The van der Waals surface area contributed by atoms with Gasteiger partial charge in [-0.1, -0.05) is 48.5 Å². The van der Waals surface area contributed by atoms with Gasteiger partial charge in [0.15, 0.2) is 5.41 Å². The minimum absolute atomic E-state index is 0.214. The summed E-state index contributed by atoms with van der Waals surface area (Å²) in [6, 6.07) is 23.2. The van der Waals surface area contributed by atoms with Gasteiger partial charge >= 0.3 is 6.03 Å². The van der Waals surface area contributed by atoms with Crippen molar-refractivity contribution in [2.24, 2.45) is 5.41 Å². The lowest BCUT2D eigenvalue weighted by atomic mass is 9.67. The van der Waals surface area contributed by atoms with Gasteiger partial charge in [0.05, 0.1) is 24.5 Å². The predicted octanol–water partition coefficient (Wildman–Crippen LogP) is 3.22. The molecular weight excluding hydrogens is 456 g/mol. The molecule has 0 aromatic heterocycles. The standard InChI is InChI=1S/C28H26N4O4/c1-36-23-14-8-7-13-22(23)30-15-16-31-21-12-6-5-9-19(21)17-28(24(31)18-30)25(33)29-27(35)32(26(28)34)20-10-3-2-4-11-20/h2-14,24H,15-18H2,1H3,(H,29,33,35)/t24-,28-/m1/s1. The molecule has 2 atom stereocenters. The molecule has 3 aliphatic heterocycles. The number of benzene rings is 3. The van der Waals surface area contributed by atoms with Crippen LogP contribution in [0.3, 0.4) is 0 Å². The molecule has 8 heteroatoms. The zero-order chi connectivity index (χ0) is 24.9. The van der Waals surface area contributed by atoms with Gasteiger partial charge in [-0.15, -0.1) is 0 Å². The zero-order valence-corrected chi connectivity index (χ0v) is 19.9. The van der Waals surface area contributed by atoms with Crippen LogP contribution in [0, 0.1) is 5.41 Å². The van der Waals surface area contributed by atoms with Gasteiger partial charge in [-0.05, 0) is 42.3 Å². The fraction of sp³-hybridized carbons (Fsp3) is 0.250. The molecule has 2 saturated heterocycles. The third-order valence-electron chi connectivity index (χ3n) is 7.57. The number of carbonyl (C=O) groups excluding carboxylic acids is 3. The highest BCUT2D eigenvalue weighted by molar-refractivity contribution is 6.30. The molecule has 0 saturated carbocycles. The highest BCUT2D eigenvalue weighted by atomic mass is 16.5. The van der Waals surface area contributed by atoms with Crippen molar-refractivity contribution >= 4 is 34.9 Å². The predicted molar refractivity (Wildman–Crippen MR) is 136 cm³/mol. The Kier molecular flexibility index (Phi) is 5.17. The largest absolute Gasteiger partial charge is 0.495 e. The Labute approximate surface area is 209 Å². The van der Waals surface area contributed by atoms with Gasteiger partial charge < -0.3 is 14.5 Å². The first-order valence-corrected chi connectivity index (χ1v) is 12.0. The number of piperazine rings is 1. The first-order valence-electron chi connectivity index (χ1n) is 12.0. The molecule has 36 heavy (non-hydrogen) atoms. The molecule has 3 heterocycles. The Morgan fingerprint density at radius 2 is 1.56 bits per heavy atom. The fourth-order valence-electron chi connectivity index (χ4n) is 5.88. The maximum Gasteiger partial charge on any atom is 0.335 e. The minimum atomic E-state index is -1.47. The average molecular weight is 483 g/mol. The van der Waals surface area contributed by atoms with Crippen LogP contribution >= 0.6 is 0 Å². The summed E-state index contributed by atoms with van der Waals surface area (Å²) >= 11 is 0. The second-order valence-electron chi connectivity index (χ2n) is 9.34. The number of imide groups is 2. The van der Waals surface area contributed by atoms with Crippen molar-refractivity contribution in [2.45, 2.75) is 12.5 Å². The molecule has 1 N–H and O–H groups in total. The van der Waals surface area contributed by atoms with Crippen LogP contribution in [0.2, 0.25) is 0 Å². The molecule has 8 nitrogen and oxygen atoms in total. The number of rotatable bonds is 3. The number of barbiturate groups is 1. The summed E-state index contributed by atoms with van der Waals surface area (Å²) in [4.78, 5) is 46.5. The van der Waals surface area contributed by atoms with Gasteiger partial charge in [0, 0.05) is 25.3 Å². The van der Waals surface area contributed by atoms with Gasteiger partial charge in [0.1, 0.15) is 5.75 Å². The van der Waals surface area contributed by atoms with Gasteiger partial charge in [-0.3, -0.25) is 14.9 Å². The summed E-state index contributed by atoms with van der Waals surface area (Å²) in [5, 5.41) is 2.52. The quantitative estimate of drug-likeness (QED) is 0.578. The molecule has 3 aliphatic rings. The molecule has 4 amide bonds. The second-order valence-corrected chi connectivity index (χ2v) is 9.34. The van der Waals surface area contributed by atoms with Crippen LogP contribution in [0.25, 0.3) is 0 Å². The smallest absolute Gasteiger partial charge is 0.335 e. The Balaban J connectivity index is 1.49. The van der Waals surface area contributed by atoms with Gasteiger partial charge in [0.2, 0.25) is 5.91 Å². The summed E-state index contributed by atoms with van der Waals surface area (Å²) in [6.07, 6.45) is 0.214. The third-order valence-corrected chi connectivity index (χ3v) is 7.57. The number of amides is 4. The van der Waals surface area contributed by atoms with E-state index in [1.165, 1.54) is 0 Å². The summed E-state index contributed by atoms with van der Waals surface area (Å²) < 4.78 is 5.60. The molecule has 6 rings (SSSR count). The van der Waals surface area contributed by atoms with E-state index in [-0.39, 0.29) is 6.42 Å². The van der Waals surface area contributed by atoms with Crippen LogP contribution in [-0.2, 0) is 16.0 Å². The molecule has 182 valence electrons. The number of anilines is 3. The molecular formula is C28H26N4O4. The van der Waals surface area contributed by atoms with E-state index in [1.807, 2.05) is 54.6 Å². The monoisotopic (exact) mass is 482 g/mol.